The van der Waals surface area contributed by atoms with Crippen LogP contribution >= 0.6 is 11.6 Å². The van der Waals surface area contributed by atoms with Crippen molar-refractivity contribution in [2.45, 2.75) is 6.04 Å². The molecule has 0 aliphatic carbocycles. The maximum absolute atomic E-state index is 6.02. The van der Waals surface area contributed by atoms with E-state index in [1.54, 1.807) is 19.3 Å². The topological polar surface area (TPSA) is 63.4 Å². The van der Waals surface area contributed by atoms with Gasteiger partial charge >= 0.3 is 0 Å². The van der Waals surface area contributed by atoms with Gasteiger partial charge in [0.15, 0.2) is 5.82 Å². The van der Waals surface area contributed by atoms with E-state index in [9.17, 15) is 0 Å². The molecule has 1 N–H and O–H groups in total. The Morgan fingerprint density at radius 1 is 1.43 bits per heavy atom. The second-order valence-electron chi connectivity index (χ2n) is 5.41. The molecule has 2 aromatic rings. The number of nitrogens with zero attached hydrogens (tertiary/aromatic N) is 3. The molecule has 1 aromatic heterocycles. The van der Waals surface area contributed by atoms with E-state index < -0.39 is 0 Å². The molecule has 0 spiro atoms. The molecule has 1 unspecified atom stereocenters. The number of likely N-dealkylation sites (N-methyl/N-ethyl adjacent to an activating group) is 1. The molecular formula is C16H19ClN4O2. The average Bonchev–Trinajstić information content (AvgIpc) is 3.02. The Labute approximate surface area is 140 Å². The Balaban J connectivity index is 1.77. The van der Waals surface area contributed by atoms with Gasteiger partial charge in [-0.1, -0.05) is 16.8 Å². The summed E-state index contributed by atoms with van der Waals surface area (Å²) in [6, 6.07) is 5.57. The van der Waals surface area contributed by atoms with E-state index in [1.165, 1.54) is 0 Å². The molecule has 1 aliphatic heterocycles. The normalized spacial score (nSPS) is 19.3. The molecule has 1 aliphatic rings. The van der Waals surface area contributed by atoms with Crippen molar-refractivity contribution < 1.29 is 9.26 Å². The predicted octanol–water partition coefficient (Wildman–Crippen LogP) is 2.48. The number of rotatable bonds is 4. The second-order valence-corrected chi connectivity index (χ2v) is 5.85. The fourth-order valence-electron chi connectivity index (χ4n) is 2.54. The highest BCUT2D eigenvalue weighted by atomic mass is 35.5. The van der Waals surface area contributed by atoms with Crippen LogP contribution < -0.4 is 10.1 Å². The Bertz CT molecular complexity index is 701. The van der Waals surface area contributed by atoms with Gasteiger partial charge in [-0.2, -0.15) is 4.98 Å². The van der Waals surface area contributed by atoms with Gasteiger partial charge < -0.3 is 14.6 Å². The first-order chi connectivity index (χ1) is 11.2. The van der Waals surface area contributed by atoms with Crippen LogP contribution in [0.4, 0.5) is 0 Å². The number of halogens is 1. The molecule has 2 heterocycles. The van der Waals surface area contributed by atoms with Crippen molar-refractivity contribution in [1.82, 2.24) is 20.4 Å². The fourth-order valence-corrected chi connectivity index (χ4v) is 2.72. The lowest BCUT2D eigenvalue weighted by molar-refractivity contribution is 0.190. The van der Waals surface area contributed by atoms with E-state index in [2.05, 4.69) is 27.4 Å². The molecular weight excluding hydrogens is 316 g/mol. The summed E-state index contributed by atoms with van der Waals surface area (Å²) in [5, 5.41) is 8.07. The maximum Gasteiger partial charge on any atom is 0.250 e. The van der Waals surface area contributed by atoms with Gasteiger partial charge in [0.25, 0.3) is 5.89 Å². The van der Waals surface area contributed by atoms with Gasteiger partial charge in [-0.15, -0.1) is 0 Å². The zero-order valence-electron chi connectivity index (χ0n) is 13.1. The standard InChI is InChI=1S/C16H19ClN4O2/c1-21-8-7-18-10-13(21)16-19-15(23-20-16)6-3-11-9-12(17)4-5-14(11)22-2/h3-6,9,13,18H,7-8,10H2,1-2H3/b6-3+. The first kappa shape index (κ1) is 16.0. The highest BCUT2D eigenvalue weighted by Gasteiger charge is 2.24. The van der Waals surface area contributed by atoms with Crippen LogP contribution in [0.25, 0.3) is 12.2 Å². The number of nitrogens with one attached hydrogen (secondary N) is 1. The van der Waals surface area contributed by atoms with Gasteiger partial charge in [0.2, 0.25) is 0 Å². The lowest BCUT2D eigenvalue weighted by Crippen LogP contribution is -2.44. The highest BCUT2D eigenvalue weighted by molar-refractivity contribution is 6.30. The van der Waals surface area contributed by atoms with Crippen molar-refractivity contribution in [2.24, 2.45) is 0 Å². The minimum atomic E-state index is 0.135. The minimum Gasteiger partial charge on any atom is -0.496 e. The van der Waals surface area contributed by atoms with Crippen LogP contribution in [0.2, 0.25) is 5.02 Å². The Morgan fingerprint density at radius 3 is 3.09 bits per heavy atom. The second kappa shape index (κ2) is 7.12. The fraction of sp³-hybridized carbons (Fsp3) is 0.375. The zero-order chi connectivity index (χ0) is 16.2. The summed E-state index contributed by atoms with van der Waals surface area (Å²) in [5.74, 6) is 1.89. The summed E-state index contributed by atoms with van der Waals surface area (Å²) in [6.07, 6.45) is 3.62. The first-order valence-electron chi connectivity index (χ1n) is 7.43. The highest BCUT2D eigenvalue weighted by Crippen LogP contribution is 2.25. The van der Waals surface area contributed by atoms with E-state index in [-0.39, 0.29) is 6.04 Å². The number of methoxy groups -OCH3 is 1. The van der Waals surface area contributed by atoms with Crippen molar-refractivity contribution in [3.8, 4) is 5.75 Å². The smallest absolute Gasteiger partial charge is 0.250 e. The molecule has 7 heteroatoms. The lowest BCUT2D eigenvalue weighted by Gasteiger charge is -2.30. The molecule has 0 radical (unpaired) electrons. The molecule has 0 bridgehead atoms. The van der Waals surface area contributed by atoms with Crippen LogP contribution in [-0.4, -0.2) is 48.8 Å². The molecule has 1 atom stereocenters. The summed E-state index contributed by atoms with van der Waals surface area (Å²) in [7, 11) is 3.69. The number of hydrogen-bond donors (Lipinski definition) is 1. The lowest BCUT2D eigenvalue weighted by atomic mass is 10.2. The van der Waals surface area contributed by atoms with E-state index in [1.807, 2.05) is 18.2 Å². The Kier molecular flexibility index (Phi) is 4.95. The SMILES string of the molecule is COc1ccc(Cl)cc1/C=C/c1nc(C2CNCCN2C)no1. The van der Waals surface area contributed by atoms with Gasteiger partial charge in [-0.25, -0.2) is 0 Å². The average molecular weight is 335 g/mol. The third kappa shape index (κ3) is 3.72. The van der Waals surface area contributed by atoms with E-state index in [0.29, 0.717) is 16.7 Å². The molecule has 0 amide bonds. The van der Waals surface area contributed by atoms with Crippen molar-refractivity contribution in [3.63, 3.8) is 0 Å². The third-order valence-electron chi connectivity index (χ3n) is 3.86. The Morgan fingerprint density at radius 2 is 2.30 bits per heavy atom. The summed E-state index contributed by atoms with van der Waals surface area (Å²) < 4.78 is 10.6. The van der Waals surface area contributed by atoms with Gasteiger partial charge in [0.05, 0.1) is 13.2 Å². The maximum atomic E-state index is 6.02. The van der Waals surface area contributed by atoms with Crippen LogP contribution in [0.1, 0.15) is 23.3 Å². The number of piperazine rings is 1. The van der Waals surface area contributed by atoms with Gasteiger partial charge in [0.1, 0.15) is 5.75 Å². The van der Waals surface area contributed by atoms with Gasteiger partial charge in [0, 0.05) is 36.3 Å². The summed E-state index contributed by atoms with van der Waals surface area (Å²) in [6.45, 7) is 2.76. The van der Waals surface area contributed by atoms with Crippen molar-refractivity contribution >= 4 is 23.8 Å². The molecule has 1 fully saturated rings. The van der Waals surface area contributed by atoms with E-state index in [0.717, 1.165) is 30.9 Å². The number of hydrogen-bond acceptors (Lipinski definition) is 6. The number of ether oxygens (including phenoxy) is 1. The summed E-state index contributed by atoms with van der Waals surface area (Å²) >= 11 is 6.02. The van der Waals surface area contributed by atoms with Crippen molar-refractivity contribution in [1.29, 1.82) is 0 Å². The minimum absolute atomic E-state index is 0.135. The van der Waals surface area contributed by atoms with Crippen LogP contribution in [0.3, 0.4) is 0 Å². The molecule has 1 aromatic carbocycles. The third-order valence-corrected chi connectivity index (χ3v) is 4.10. The largest absolute Gasteiger partial charge is 0.496 e. The van der Waals surface area contributed by atoms with E-state index in [4.69, 9.17) is 20.9 Å². The van der Waals surface area contributed by atoms with Crippen LogP contribution in [-0.2, 0) is 0 Å². The van der Waals surface area contributed by atoms with Crippen LogP contribution in [0, 0.1) is 0 Å². The summed E-state index contributed by atoms with van der Waals surface area (Å²) in [4.78, 5) is 6.67. The zero-order valence-corrected chi connectivity index (χ0v) is 13.9. The first-order valence-corrected chi connectivity index (χ1v) is 7.81. The van der Waals surface area contributed by atoms with Crippen LogP contribution in [0.5, 0.6) is 5.75 Å². The van der Waals surface area contributed by atoms with Crippen LogP contribution in [0.15, 0.2) is 22.7 Å². The Hall–Kier alpha value is -1.89. The van der Waals surface area contributed by atoms with Crippen molar-refractivity contribution in [3.05, 3.63) is 40.5 Å². The monoisotopic (exact) mass is 334 g/mol. The van der Waals surface area contributed by atoms with E-state index >= 15 is 0 Å². The molecule has 1 saturated heterocycles. The molecule has 0 saturated carbocycles. The molecule has 6 nitrogen and oxygen atoms in total. The number of benzene rings is 1. The summed E-state index contributed by atoms with van der Waals surface area (Å²) in [5.41, 5.74) is 0.858. The quantitative estimate of drug-likeness (QED) is 0.926. The number of aromatic nitrogens is 2. The van der Waals surface area contributed by atoms with Crippen molar-refractivity contribution in [2.75, 3.05) is 33.8 Å². The van der Waals surface area contributed by atoms with Gasteiger partial charge in [-0.05, 0) is 31.3 Å². The molecule has 122 valence electrons. The predicted molar refractivity (Wildman–Crippen MR) is 89.5 cm³/mol. The van der Waals surface area contributed by atoms with Gasteiger partial charge in [-0.3, -0.25) is 4.90 Å². The molecule has 3 rings (SSSR count). The molecule has 23 heavy (non-hydrogen) atoms.